The Morgan fingerprint density at radius 2 is 1.84 bits per heavy atom. The molecule has 1 N–H and O–H groups in total. The zero-order valence-electron chi connectivity index (χ0n) is 11.4. The third-order valence-corrected chi connectivity index (χ3v) is 3.67. The summed E-state index contributed by atoms with van der Waals surface area (Å²) in [5.41, 5.74) is 2.14. The van der Waals surface area contributed by atoms with E-state index in [1.807, 2.05) is 12.1 Å². The molecular weight excluding hydrogens is 238 g/mol. The van der Waals surface area contributed by atoms with Gasteiger partial charge in [-0.25, -0.2) is 0 Å². The molecule has 0 aliphatic heterocycles. The van der Waals surface area contributed by atoms with Crippen LogP contribution in [0.1, 0.15) is 44.6 Å². The van der Waals surface area contributed by atoms with Crippen LogP contribution in [0.25, 0.3) is 0 Å². The number of Topliss-reactive ketones (excluding diaryl/α,β-unsaturated/α-hetero) is 1. The Morgan fingerprint density at radius 3 is 2.42 bits per heavy atom. The largest absolute Gasteiger partial charge is 0.326 e. The molecule has 0 aromatic heterocycles. The van der Waals surface area contributed by atoms with Crippen molar-refractivity contribution in [3.05, 3.63) is 29.8 Å². The molecule has 1 saturated carbocycles. The van der Waals surface area contributed by atoms with E-state index >= 15 is 0 Å². The third-order valence-electron chi connectivity index (χ3n) is 3.67. The number of amides is 1. The predicted octanol–water partition coefficient (Wildman–Crippen LogP) is 3.34. The first-order chi connectivity index (χ1) is 9.19. The van der Waals surface area contributed by atoms with Crippen LogP contribution in [0.3, 0.4) is 0 Å². The summed E-state index contributed by atoms with van der Waals surface area (Å²) in [7, 11) is 0. The van der Waals surface area contributed by atoms with Gasteiger partial charge in [-0.3, -0.25) is 9.59 Å². The van der Waals surface area contributed by atoms with Crippen molar-refractivity contribution in [2.24, 2.45) is 5.92 Å². The molecule has 102 valence electrons. The topological polar surface area (TPSA) is 46.2 Å². The highest BCUT2D eigenvalue weighted by molar-refractivity contribution is 5.94. The molecule has 3 heteroatoms. The maximum Gasteiger partial charge on any atom is 0.227 e. The molecule has 0 unspecified atom stereocenters. The number of carbonyl (C=O) groups is 2. The van der Waals surface area contributed by atoms with Crippen molar-refractivity contribution >= 4 is 17.4 Å². The highest BCUT2D eigenvalue weighted by atomic mass is 16.2. The first-order valence-electron chi connectivity index (χ1n) is 7.10. The number of ketones is 1. The van der Waals surface area contributed by atoms with E-state index in [2.05, 4.69) is 24.4 Å². The van der Waals surface area contributed by atoms with Gasteiger partial charge in [0, 0.05) is 24.4 Å². The van der Waals surface area contributed by atoms with Gasteiger partial charge >= 0.3 is 0 Å². The number of anilines is 1. The summed E-state index contributed by atoms with van der Waals surface area (Å²) < 4.78 is 0. The van der Waals surface area contributed by atoms with Crippen molar-refractivity contribution in [3.8, 4) is 0 Å². The summed E-state index contributed by atoms with van der Waals surface area (Å²) in [5, 5.41) is 2.95. The van der Waals surface area contributed by atoms with Crippen molar-refractivity contribution in [2.75, 3.05) is 5.32 Å². The molecule has 1 fully saturated rings. The molecule has 0 radical (unpaired) electrons. The van der Waals surface area contributed by atoms with Crippen LogP contribution < -0.4 is 5.32 Å². The van der Waals surface area contributed by atoms with Crippen LogP contribution in [0, 0.1) is 5.92 Å². The molecule has 1 aliphatic rings. The van der Waals surface area contributed by atoms with Gasteiger partial charge in [0.1, 0.15) is 5.78 Å². The zero-order valence-corrected chi connectivity index (χ0v) is 11.4. The molecule has 2 rings (SSSR count). The lowest BCUT2D eigenvalue weighted by Gasteiger charge is -2.20. The Hall–Kier alpha value is -1.64. The second-order valence-electron chi connectivity index (χ2n) is 5.25. The Morgan fingerprint density at radius 1 is 1.21 bits per heavy atom. The molecule has 1 aromatic carbocycles. The van der Waals surface area contributed by atoms with Gasteiger partial charge in [0.15, 0.2) is 0 Å². The summed E-state index contributed by atoms with van der Waals surface area (Å²) in [6, 6.07) is 8.03. The fraction of sp³-hybridized carbons (Fsp3) is 0.500. The Bertz CT molecular complexity index is 440. The minimum Gasteiger partial charge on any atom is -0.326 e. The molecule has 0 saturated heterocycles. The van der Waals surface area contributed by atoms with E-state index in [9.17, 15) is 9.59 Å². The zero-order chi connectivity index (χ0) is 13.7. The summed E-state index contributed by atoms with van der Waals surface area (Å²) in [6.45, 7) is 2.15. The first kappa shape index (κ1) is 13.8. The molecule has 0 heterocycles. The lowest BCUT2D eigenvalue weighted by molar-refractivity contribution is -0.125. The Kier molecular flexibility index (Phi) is 4.72. The highest BCUT2D eigenvalue weighted by Crippen LogP contribution is 2.23. The number of aryl methyl sites for hydroxylation is 1. The van der Waals surface area contributed by atoms with E-state index in [-0.39, 0.29) is 17.6 Å². The molecule has 1 aromatic rings. The fourth-order valence-corrected chi connectivity index (χ4v) is 2.49. The number of benzene rings is 1. The SMILES string of the molecule is CCCc1ccc(NC(=O)C2CCC(=O)CC2)cc1. The monoisotopic (exact) mass is 259 g/mol. The van der Waals surface area contributed by atoms with E-state index in [1.165, 1.54) is 5.56 Å². The van der Waals surface area contributed by atoms with Crippen LogP contribution in [-0.4, -0.2) is 11.7 Å². The summed E-state index contributed by atoms with van der Waals surface area (Å²) >= 11 is 0. The maximum atomic E-state index is 12.1. The maximum absolute atomic E-state index is 12.1. The van der Waals surface area contributed by atoms with Gasteiger partial charge in [-0.1, -0.05) is 25.5 Å². The van der Waals surface area contributed by atoms with Crippen molar-refractivity contribution in [2.45, 2.75) is 45.4 Å². The first-order valence-corrected chi connectivity index (χ1v) is 7.10. The van der Waals surface area contributed by atoms with Crippen molar-refractivity contribution in [1.82, 2.24) is 0 Å². The van der Waals surface area contributed by atoms with Crippen LogP contribution in [0.5, 0.6) is 0 Å². The highest BCUT2D eigenvalue weighted by Gasteiger charge is 2.24. The van der Waals surface area contributed by atoms with Crippen molar-refractivity contribution in [1.29, 1.82) is 0 Å². The Balaban J connectivity index is 1.89. The van der Waals surface area contributed by atoms with Gasteiger partial charge < -0.3 is 5.32 Å². The smallest absolute Gasteiger partial charge is 0.227 e. The minimum absolute atomic E-state index is 0.00646. The molecular formula is C16H21NO2. The molecule has 3 nitrogen and oxygen atoms in total. The normalized spacial score (nSPS) is 16.4. The van der Waals surface area contributed by atoms with E-state index in [0.717, 1.165) is 18.5 Å². The third kappa shape index (κ3) is 3.91. The number of hydrogen-bond acceptors (Lipinski definition) is 2. The average Bonchev–Trinajstić information content (AvgIpc) is 2.42. The average molecular weight is 259 g/mol. The van der Waals surface area contributed by atoms with Gasteiger partial charge in [-0.15, -0.1) is 0 Å². The molecule has 1 amide bonds. The van der Waals surface area contributed by atoms with E-state index in [1.54, 1.807) is 0 Å². The summed E-state index contributed by atoms with van der Waals surface area (Å²) in [4.78, 5) is 23.2. The van der Waals surface area contributed by atoms with Crippen molar-refractivity contribution in [3.63, 3.8) is 0 Å². The van der Waals surface area contributed by atoms with Crippen LogP contribution >= 0.6 is 0 Å². The summed E-state index contributed by atoms with van der Waals surface area (Å²) in [5.74, 6) is 0.330. The second-order valence-corrected chi connectivity index (χ2v) is 5.25. The lowest BCUT2D eigenvalue weighted by atomic mass is 9.88. The van der Waals surface area contributed by atoms with Crippen LogP contribution in [0.15, 0.2) is 24.3 Å². The van der Waals surface area contributed by atoms with Crippen LogP contribution in [0.4, 0.5) is 5.69 Å². The quantitative estimate of drug-likeness (QED) is 0.901. The van der Waals surface area contributed by atoms with Gasteiger partial charge in [-0.2, -0.15) is 0 Å². The molecule has 1 aliphatic carbocycles. The number of hydrogen-bond donors (Lipinski definition) is 1. The molecule has 0 atom stereocenters. The molecule has 19 heavy (non-hydrogen) atoms. The number of rotatable bonds is 4. The second kappa shape index (κ2) is 6.50. The van der Waals surface area contributed by atoms with E-state index < -0.39 is 0 Å². The minimum atomic E-state index is -0.00646. The van der Waals surface area contributed by atoms with Gasteiger partial charge in [0.2, 0.25) is 5.91 Å². The van der Waals surface area contributed by atoms with E-state index in [4.69, 9.17) is 0 Å². The van der Waals surface area contributed by atoms with E-state index in [0.29, 0.717) is 25.7 Å². The number of nitrogens with one attached hydrogen (secondary N) is 1. The molecule has 0 bridgehead atoms. The number of carbonyl (C=O) groups excluding carboxylic acids is 2. The fourth-order valence-electron chi connectivity index (χ4n) is 2.49. The van der Waals surface area contributed by atoms with Crippen LogP contribution in [0.2, 0.25) is 0 Å². The molecule has 0 spiro atoms. The standard InChI is InChI=1S/C16H21NO2/c1-2-3-12-4-8-14(9-5-12)17-16(19)13-6-10-15(18)11-7-13/h4-5,8-9,13H,2-3,6-7,10-11H2,1H3,(H,17,19). The lowest BCUT2D eigenvalue weighted by Crippen LogP contribution is -2.27. The van der Waals surface area contributed by atoms with Gasteiger partial charge in [-0.05, 0) is 37.0 Å². The summed E-state index contributed by atoms with van der Waals surface area (Å²) in [6.07, 6.45) is 4.68. The van der Waals surface area contributed by atoms with Crippen molar-refractivity contribution < 1.29 is 9.59 Å². The van der Waals surface area contributed by atoms with Crippen LogP contribution in [-0.2, 0) is 16.0 Å². The van der Waals surface area contributed by atoms with Gasteiger partial charge in [0.05, 0.1) is 0 Å². The Labute approximate surface area is 114 Å². The van der Waals surface area contributed by atoms with Gasteiger partial charge in [0.25, 0.3) is 0 Å². The predicted molar refractivity (Wildman–Crippen MR) is 76.0 cm³/mol.